The van der Waals surface area contributed by atoms with Crippen molar-refractivity contribution in [3.05, 3.63) is 60.4 Å². The molecule has 0 atom stereocenters. The zero-order chi connectivity index (χ0) is 17.3. The first-order chi connectivity index (χ1) is 10.7. The molecule has 4 nitrogen and oxygen atoms in total. The van der Waals surface area contributed by atoms with Crippen LogP contribution >= 0.6 is 47.8 Å². The summed E-state index contributed by atoms with van der Waals surface area (Å²) in [4.78, 5) is 22.9. The summed E-state index contributed by atoms with van der Waals surface area (Å²) in [6.07, 6.45) is 0. The quantitative estimate of drug-likeness (QED) is 0.355. The van der Waals surface area contributed by atoms with Gasteiger partial charge in [0, 0.05) is 25.0 Å². The van der Waals surface area contributed by atoms with Crippen LogP contribution in [0.5, 0.6) is 5.75 Å². The van der Waals surface area contributed by atoms with E-state index in [1.54, 1.807) is 6.07 Å². The monoisotopic (exact) mass is 511 g/mol. The Morgan fingerprint density at radius 3 is 2.26 bits per heavy atom. The fraction of sp³-hybridized carbons (Fsp3) is 0. The van der Waals surface area contributed by atoms with Crippen LogP contribution in [0.25, 0.3) is 0 Å². The molecule has 0 N–H and O–H groups in total. The Kier molecular flexibility index (Phi) is 5.53. The third-order valence-corrected chi connectivity index (χ3v) is 5.11. The van der Waals surface area contributed by atoms with E-state index in [-0.39, 0.29) is 5.56 Å². The molecule has 2 aromatic rings. The van der Waals surface area contributed by atoms with Gasteiger partial charge < -0.3 is 14.6 Å². The summed E-state index contributed by atoms with van der Waals surface area (Å²) < 4.78 is 33.1. The number of esters is 1. The fourth-order valence-corrected chi connectivity index (χ4v) is 3.25. The number of hydrogen-bond acceptors (Lipinski definition) is 4. The fourth-order valence-electron chi connectivity index (χ4n) is 1.64. The maximum absolute atomic E-state index is 13.4. The Balaban J connectivity index is 2.40. The minimum atomic E-state index is -1.93. The van der Waals surface area contributed by atoms with Crippen molar-refractivity contribution in [1.82, 2.24) is 0 Å². The van der Waals surface area contributed by atoms with Crippen molar-refractivity contribution < 1.29 is 28.2 Å². The van der Waals surface area contributed by atoms with Gasteiger partial charge in [-0.05, 0) is 50.1 Å². The van der Waals surface area contributed by atoms with E-state index >= 15 is 0 Å². The Labute approximate surface area is 153 Å². The van der Waals surface area contributed by atoms with Crippen molar-refractivity contribution >= 4 is 59.7 Å². The molecule has 0 spiro atoms. The number of aromatic carboxylic acids is 1. The van der Waals surface area contributed by atoms with Crippen LogP contribution in [0.15, 0.2) is 37.7 Å². The third kappa shape index (κ3) is 3.96. The van der Waals surface area contributed by atoms with Crippen LogP contribution in [0, 0.1) is 11.6 Å². The second-order valence-corrected chi connectivity index (χ2v) is 6.76. The molecule has 0 aliphatic rings. The van der Waals surface area contributed by atoms with Crippen molar-refractivity contribution in [1.29, 1.82) is 0 Å². The molecule has 2 rings (SSSR count). The van der Waals surface area contributed by atoms with Gasteiger partial charge in [-0.1, -0.05) is 15.9 Å². The zero-order valence-electron chi connectivity index (χ0n) is 10.8. The summed E-state index contributed by atoms with van der Waals surface area (Å²) in [6.45, 7) is 0. The van der Waals surface area contributed by atoms with Crippen LogP contribution in [-0.4, -0.2) is 11.9 Å². The van der Waals surface area contributed by atoms with Gasteiger partial charge >= 0.3 is 5.97 Å². The SMILES string of the molecule is O=C([O-])c1cc(OC(=O)c2cc(Br)cc(Br)c2Br)cc(F)c1F. The van der Waals surface area contributed by atoms with Crippen LogP contribution in [0.1, 0.15) is 20.7 Å². The number of carboxylic acids is 1. The largest absolute Gasteiger partial charge is 0.545 e. The van der Waals surface area contributed by atoms with Crippen molar-refractivity contribution in [2.24, 2.45) is 0 Å². The predicted molar refractivity (Wildman–Crippen MR) is 85.2 cm³/mol. The molecule has 2 aromatic carbocycles. The van der Waals surface area contributed by atoms with E-state index in [1.807, 2.05) is 0 Å². The van der Waals surface area contributed by atoms with E-state index in [9.17, 15) is 23.5 Å². The lowest BCUT2D eigenvalue weighted by Gasteiger charge is -2.11. The number of benzene rings is 2. The standard InChI is InChI=1S/C14H5Br3F2O4/c15-5-1-7(11(17)9(16)2-5)14(22)23-6-3-8(13(20)21)12(19)10(18)4-6/h1-4H,(H,20,21)/p-1. The summed E-state index contributed by atoms with van der Waals surface area (Å²) >= 11 is 9.61. The Bertz CT molecular complexity index is 824. The molecule has 9 heteroatoms. The summed E-state index contributed by atoms with van der Waals surface area (Å²) in [5.74, 6) is -6.34. The third-order valence-electron chi connectivity index (χ3n) is 2.65. The van der Waals surface area contributed by atoms with Gasteiger partial charge in [-0.3, -0.25) is 0 Å². The van der Waals surface area contributed by atoms with Gasteiger partial charge in [-0.25, -0.2) is 13.6 Å². The molecule has 120 valence electrons. The first-order valence-electron chi connectivity index (χ1n) is 5.77. The van der Waals surface area contributed by atoms with Gasteiger partial charge in [0.1, 0.15) is 5.75 Å². The molecule has 0 saturated carbocycles. The molecule has 0 aromatic heterocycles. The van der Waals surface area contributed by atoms with Gasteiger partial charge in [0.15, 0.2) is 11.6 Å². The molecular weight excluding hydrogens is 510 g/mol. The van der Waals surface area contributed by atoms with Crippen LogP contribution in [0.3, 0.4) is 0 Å². The minimum absolute atomic E-state index is 0.0889. The molecule has 23 heavy (non-hydrogen) atoms. The highest BCUT2D eigenvalue weighted by molar-refractivity contribution is 9.13. The maximum Gasteiger partial charge on any atom is 0.344 e. The van der Waals surface area contributed by atoms with Crippen molar-refractivity contribution in [3.63, 3.8) is 0 Å². The molecule has 0 amide bonds. The van der Waals surface area contributed by atoms with E-state index in [2.05, 4.69) is 47.8 Å². The normalized spacial score (nSPS) is 10.5. The Hall–Kier alpha value is -1.32. The number of carbonyl (C=O) groups is 2. The average molecular weight is 514 g/mol. The van der Waals surface area contributed by atoms with Crippen LogP contribution in [-0.2, 0) is 0 Å². The van der Waals surface area contributed by atoms with Crippen LogP contribution in [0.2, 0.25) is 0 Å². The summed E-state index contributed by atoms with van der Waals surface area (Å²) in [6, 6.07) is 4.36. The second kappa shape index (κ2) is 7.06. The highest BCUT2D eigenvalue weighted by Crippen LogP contribution is 2.31. The lowest BCUT2D eigenvalue weighted by molar-refractivity contribution is -0.255. The number of carboxylic acid groups (broad SMARTS) is 1. The Morgan fingerprint density at radius 2 is 1.65 bits per heavy atom. The molecule has 0 unspecified atom stereocenters. The summed E-state index contributed by atoms with van der Waals surface area (Å²) in [5.41, 5.74) is -0.951. The summed E-state index contributed by atoms with van der Waals surface area (Å²) in [5, 5.41) is 10.7. The smallest absolute Gasteiger partial charge is 0.344 e. The highest BCUT2D eigenvalue weighted by atomic mass is 79.9. The molecule has 0 saturated heterocycles. The van der Waals surface area contributed by atoms with E-state index in [4.69, 9.17) is 4.74 Å². The molecule has 0 heterocycles. The minimum Gasteiger partial charge on any atom is -0.545 e. The van der Waals surface area contributed by atoms with E-state index in [1.165, 1.54) is 6.07 Å². The molecule has 0 radical (unpaired) electrons. The van der Waals surface area contributed by atoms with Crippen molar-refractivity contribution in [3.8, 4) is 5.75 Å². The van der Waals surface area contributed by atoms with E-state index in [0.717, 1.165) is 0 Å². The number of carbonyl (C=O) groups excluding carboxylic acids is 2. The van der Waals surface area contributed by atoms with Crippen LogP contribution < -0.4 is 9.84 Å². The van der Waals surface area contributed by atoms with E-state index in [0.29, 0.717) is 25.6 Å². The van der Waals surface area contributed by atoms with Gasteiger partial charge in [0.25, 0.3) is 0 Å². The number of ether oxygens (including phenoxy) is 1. The number of hydrogen-bond donors (Lipinski definition) is 0. The van der Waals surface area contributed by atoms with Gasteiger partial charge in [-0.15, -0.1) is 0 Å². The maximum atomic E-state index is 13.4. The van der Waals surface area contributed by atoms with Gasteiger partial charge in [0.05, 0.1) is 11.5 Å². The highest BCUT2D eigenvalue weighted by Gasteiger charge is 2.18. The van der Waals surface area contributed by atoms with Crippen molar-refractivity contribution in [2.75, 3.05) is 0 Å². The number of rotatable bonds is 3. The summed E-state index contributed by atoms with van der Waals surface area (Å²) in [7, 11) is 0. The van der Waals surface area contributed by atoms with Gasteiger partial charge in [-0.2, -0.15) is 0 Å². The first kappa shape index (κ1) is 18.0. The Morgan fingerprint density at radius 1 is 1.00 bits per heavy atom. The predicted octanol–water partition coefficient (Wildman–Crippen LogP) is 3.84. The lowest BCUT2D eigenvalue weighted by atomic mass is 10.2. The topological polar surface area (TPSA) is 66.4 Å². The van der Waals surface area contributed by atoms with E-state index < -0.39 is 34.9 Å². The molecule has 0 aliphatic carbocycles. The molecule has 0 bridgehead atoms. The molecule has 0 aliphatic heterocycles. The lowest BCUT2D eigenvalue weighted by Crippen LogP contribution is -2.24. The van der Waals surface area contributed by atoms with Gasteiger partial charge in [0.2, 0.25) is 0 Å². The second-order valence-electron chi connectivity index (χ2n) is 4.19. The number of halogens is 5. The van der Waals surface area contributed by atoms with Crippen LogP contribution in [0.4, 0.5) is 8.78 Å². The molecular formula is C14H4Br3F2O4-. The van der Waals surface area contributed by atoms with Crippen molar-refractivity contribution in [2.45, 2.75) is 0 Å². The molecule has 0 fully saturated rings. The first-order valence-corrected chi connectivity index (χ1v) is 8.15. The average Bonchev–Trinajstić information content (AvgIpc) is 2.45. The zero-order valence-corrected chi connectivity index (χ0v) is 15.6.